The predicted octanol–water partition coefficient (Wildman–Crippen LogP) is 1.09. The number of imidazole rings is 1. The number of carbonyl (C=O) groups excluding carboxylic acids is 1. The normalized spacial score (nSPS) is 20.4. The Morgan fingerprint density at radius 2 is 2.53 bits per heavy atom. The molecule has 106 valence electrons. The first-order chi connectivity index (χ1) is 9.15. The number of nitrogens with zero attached hydrogens (tertiary/aromatic N) is 2. The van der Waals surface area contributed by atoms with Crippen molar-refractivity contribution in [3.05, 3.63) is 18.2 Å². The molecule has 1 aromatic heterocycles. The number of hydrogen-bond donors (Lipinski definition) is 2. The molecule has 2 heterocycles. The molecule has 0 saturated carbocycles. The summed E-state index contributed by atoms with van der Waals surface area (Å²) in [7, 11) is 0. The molecule has 1 aromatic rings. The molecule has 0 spiro atoms. The van der Waals surface area contributed by atoms with Crippen molar-refractivity contribution in [3.63, 3.8) is 0 Å². The van der Waals surface area contributed by atoms with Crippen molar-refractivity contribution < 1.29 is 4.79 Å². The van der Waals surface area contributed by atoms with Gasteiger partial charge in [-0.3, -0.25) is 4.79 Å². The maximum Gasteiger partial charge on any atom is 0.221 e. The van der Waals surface area contributed by atoms with Crippen LogP contribution in [-0.4, -0.2) is 34.6 Å². The lowest BCUT2D eigenvalue weighted by atomic mass is 10.1. The topological polar surface area (TPSA) is 59.0 Å². The molecule has 2 unspecified atom stereocenters. The SMILES string of the molecule is Cc1nccn1CC(C)CNC(=O)CC1CCCN1. The number of amides is 1. The number of hydrogen-bond acceptors (Lipinski definition) is 3. The van der Waals surface area contributed by atoms with Crippen LogP contribution in [0.3, 0.4) is 0 Å². The van der Waals surface area contributed by atoms with Gasteiger partial charge in [0.05, 0.1) is 0 Å². The van der Waals surface area contributed by atoms with E-state index in [9.17, 15) is 4.79 Å². The Kier molecular flexibility index (Phi) is 4.96. The Bertz CT molecular complexity index is 409. The number of carbonyl (C=O) groups is 1. The summed E-state index contributed by atoms with van der Waals surface area (Å²) in [6.45, 7) is 6.82. The van der Waals surface area contributed by atoms with Crippen LogP contribution in [0.25, 0.3) is 0 Å². The standard InChI is InChI=1S/C14H24N4O/c1-11(10-18-7-6-15-12(18)2)9-17-14(19)8-13-4-3-5-16-13/h6-7,11,13,16H,3-5,8-10H2,1-2H3,(H,17,19). The Hall–Kier alpha value is -1.36. The van der Waals surface area contributed by atoms with Crippen LogP contribution in [0.5, 0.6) is 0 Å². The highest BCUT2D eigenvalue weighted by molar-refractivity contribution is 5.76. The average Bonchev–Trinajstić information content (AvgIpc) is 3.00. The zero-order chi connectivity index (χ0) is 13.7. The Labute approximate surface area is 114 Å². The van der Waals surface area contributed by atoms with E-state index in [-0.39, 0.29) is 5.91 Å². The summed E-state index contributed by atoms with van der Waals surface area (Å²) in [6, 6.07) is 0.381. The fourth-order valence-electron chi connectivity index (χ4n) is 2.51. The van der Waals surface area contributed by atoms with Gasteiger partial charge in [0, 0.05) is 37.9 Å². The molecule has 5 nitrogen and oxygen atoms in total. The highest BCUT2D eigenvalue weighted by Gasteiger charge is 2.17. The van der Waals surface area contributed by atoms with E-state index in [1.807, 2.05) is 19.3 Å². The molecule has 2 N–H and O–H groups in total. The van der Waals surface area contributed by atoms with Crippen LogP contribution in [0.2, 0.25) is 0 Å². The largest absolute Gasteiger partial charge is 0.356 e. The third-order valence-electron chi connectivity index (χ3n) is 3.67. The van der Waals surface area contributed by atoms with Crippen molar-refractivity contribution in [1.82, 2.24) is 20.2 Å². The summed E-state index contributed by atoms with van der Waals surface area (Å²) in [6.07, 6.45) is 6.71. The Morgan fingerprint density at radius 3 is 3.16 bits per heavy atom. The van der Waals surface area contributed by atoms with Crippen LogP contribution >= 0.6 is 0 Å². The molecular formula is C14H24N4O. The first-order valence-electron chi connectivity index (χ1n) is 7.13. The zero-order valence-corrected chi connectivity index (χ0v) is 11.9. The summed E-state index contributed by atoms with van der Waals surface area (Å²) < 4.78 is 2.12. The summed E-state index contributed by atoms with van der Waals surface area (Å²) in [5, 5.41) is 6.37. The van der Waals surface area contributed by atoms with Crippen molar-refractivity contribution in [3.8, 4) is 0 Å². The second-order valence-electron chi connectivity index (χ2n) is 5.53. The van der Waals surface area contributed by atoms with Crippen molar-refractivity contribution in [2.75, 3.05) is 13.1 Å². The first-order valence-corrected chi connectivity index (χ1v) is 7.13. The van der Waals surface area contributed by atoms with Gasteiger partial charge in [0.15, 0.2) is 0 Å². The number of aromatic nitrogens is 2. The van der Waals surface area contributed by atoms with Gasteiger partial charge >= 0.3 is 0 Å². The fourth-order valence-corrected chi connectivity index (χ4v) is 2.51. The maximum atomic E-state index is 11.8. The molecule has 1 aliphatic heterocycles. The summed E-state index contributed by atoms with van der Waals surface area (Å²) in [5.41, 5.74) is 0. The van der Waals surface area contributed by atoms with Crippen LogP contribution in [-0.2, 0) is 11.3 Å². The summed E-state index contributed by atoms with van der Waals surface area (Å²) >= 11 is 0. The van der Waals surface area contributed by atoms with Crippen LogP contribution in [0.15, 0.2) is 12.4 Å². The molecule has 0 aromatic carbocycles. The third kappa shape index (κ3) is 4.35. The third-order valence-corrected chi connectivity index (χ3v) is 3.67. The van der Waals surface area contributed by atoms with Crippen LogP contribution in [0, 0.1) is 12.8 Å². The van der Waals surface area contributed by atoms with E-state index in [1.165, 1.54) is 6.42 Å². The molecule has 19 heavy (non-hydrogen) atoms. The van der Waals surface area contributed by atoms with Crippen molar-refractivity contribution in [1.29, 1.82) is 0 Å². The quantitative estimate of drug-likeness (QED) is 0.808. The molecule has 1 fully saturated rings. The highest BCUT2D eigenvalue weighted by Crippen LogP contribution is 2.08. The second-order valence-corrected chi connectivity index (χ2v) is 5.53. The summed E-state index contributed by atoms with van der Waals surface area (Å²) in [5.74, 6) is 1.59. The van der Waals surface area contributed by atoms with Crippen molar-refractivity contribution in [2.45, 2.75) is 45.7 Å². The van der Waals surface area contributed by atoms with E-state index in [4.69, 9.17) is 0 Å². The summed E-state index contributed by atoms with van der Waals surface area (Å²) in [4.78, 5) is 16.0. The van der Waals surface area contributed by atoms with Gasteiger partial charge in [0.2, 0.25) is 5.91 Å². The van der Waals surface area contributed by atoms with Gasteiger partial charge in [-0.25, -0.2) is 4.98 Å². The van der Waals surface area contributed by atoms with Gasteiger partial charge in [-0.1, -0.05) is 6.92 Å². The van der Waals surface area contributed by atoms with Gasteiger partial charge in [-0.05, 0) is 32.2 Å². The Balaban J connectivity index is 1.66. The Morgan fingerprint density at radius 1 is 1.68 bits per heavy atom. The molecule has 0 radical (unpaired) electrons. The van der Waals surface area contributed by atoms with Gasteiger partial charge in [0.25, 0.3) is 0 Å². The molecule has 1 aliphatic rings. The van der Waals surface area contributed by atoms with E-state index < -0.39 is 0 Å². The fraction of sp³-hybridized carbons (Fsp3) is 0.714. The van der Waals surface area contributed by atoms with E-state index >= 15 is 0 Å². The lowest BCUT2D eigenvalue weighted by molar-refractivity contribution is -0.121. The van der Waals surface area contributed by atoms with E-state index in [1.54, 1.807) is 0 Å². The maximum absolute atomic E-state index is 11.8. The van der Waals surface area contributed by atoms with E-state index in [0.717, 1.165) is 31.9 Å². The number of nitrogens with one attached hydrogen (secondary N) is 2. The monoisotopic (exact) mass is 264 g/mol. The number of rotatable bonds is 6. The molecule has 0 aliphatic carbocycles. The first kappa shape index (κ1) is 14.1. The molecule has 1 amide bonds. The van der Waals surface area contributed by atoms with Gasteiger partial charge in [-0.2, -0.15) is 0 Å². The predicted molar refractivity (Wildman–Crippen MR) is 74.8 cm³/mol. The van der Waals surface area contributed by atoms with Gasteiger partial charge in [0.1, 0.15) is 5.82 Å². The average molecular weight is 264 g/mol. The van der Waals surface area contributed by atoms with Crippen molar-refractivity contribution in [2.24, 2.45) is 5.92 Å². The second kappa shape index (κ2) is 6.70. The molecule has 2 rings (SSSR count). The van der Waals surface area contributed by atoms with E-state index in [2.05, 4.69) is 27.1 Å². The highest BCUT2D eigenvalue weighted by atomic mass is 16.1. The smallest absolute Gasteiger partial charge is 0.221 e. The van der Waals surface area contributed by atoms with E-state index in [0.29, 0.717) is 18.4 Å². The number of aryl methyl sites for hydroxylation is 1. The lowest BCUT2D eigenvalue weighted by Gasteiger charge is -2.15. The zero-order valence-electron chi connectivity index (χ0n) is 11.9. The van der Waals surface area contributed by atoms with Gasteiger partial charge < -0.3 is 15.2 Å². The van der Waals surface area contributed by atoms with Crippen molar-refractivity contribution >= 4 is 5.91 Å². The van der Waals surface area contributed by atoms with Crippen LogP contribution in [0.1, 0.15) is 32.0 Å². The molecular weight excluding hydrogens is 240 g/mol. The minimum absolute atomic E-state index is 0.161. The minimum Gasteiger partial charge on any atom is -0.356 e. The molecule has 5 heteroatoms. The van der Waals surface area contributed by atoms with Crippen LogP contribution in [0.4, 0.5) is 0 Å². The molecule has 0 bridgehead atoms. The van der Waals surface area contributed by atoms with Crippen LogP contribution < -0.4 is 10.6 Å². The van der Waals surface area contributed by atoms with Gasteiger partial charge in [-0.15, -0.1) is 0 Å². The molecule has 1 saturated heterocycles. The minimum atomic E-state index is 0.161. The molecule has 2 atom stereocenters. The lowest BCUT2D eigenvalue weighted by Crippen LogP contribution is -2.34.